The number of carbonyl (C=O) groups is 2. The summed E-state index contributed by atoms with van der Waals surface area (Å²) in [7, 11) is 4.69. The number of methoxy groups -OCH3 is 3. The Balaban J connectivity index is 1.88. The van der Waals surface area contributed by atoms with Crippen LogP contribution < -0.4 is 14.2 Å². The monoisotopic (exact) mass is 512 g/mol. The second-order valence-electron chi connectivity index (χ2n) is 8.83. The number of esters is 2. The summed E-state index contributed by atoms with van der Waals surface area (Å²) in [6.45, 7) is 6.31. The van der Waals surface area contributed by atoms with Gasteiger partial charge >= 0.3 is 11.9 Å². The highest BCUT2D eigenvalue weighted by Crippen LogP contribution is 2.46. The molecule has 1 aliphatic rings. The first-order chi connectivity index (χ1) is 17.9. The molecule has 0 aliphatic carbocycles. The Morgan fingerprint density at radius 2 is 1.65 bits per heavy atom. The zero-order valence-corrected chi connectivity index (χ0v) is 22.4. The third-order valence-electron chi connectivity index (χ3n) is 6.62. The number of rotatable bonds is 11. The molecule has 0 aromatic heterocycles. The van der Waals surface area contributed by atoms with Gasteiger partial charge in [-0.2, -0.15) is 0 Å². The molecule has 2 aromatic rings. The minimum absolute atomic E-state index is 0.0660. The number of carbonyl (C=O) groups excluding carboxylic acids is 2. The van der Waals surface area contributed by atoms with Crippen molar-refractivity contribution in [1.29, 1.82) is 0 Å². The lowest BCUT2D eigenvalue weighted by Gasteiger charge is -2.24. The van der Waals surface area contributed by atoms with Gasteiger partial charge in [-0.1, -0.05) is 18.2 Å². The Morgan fingerprint density at radius 1 is 1.00 bits per heavy atom. The van der Waals surface area contributed by atoms with Crippen molar-refractivity contribution in [3.8, 4) is 17.2 Å². The summed E-state index contributed by atoms with van der Waals surface area (Å²) in [5.74, 6) is 0.799. The number of hydrogen-bond acceptors (Lipinski definition) is 8. The summed E-state index contributed by atoms with van der Waals surface area (Å²) in [6, 6.07) is 11.1. The van der Waals surface area contributed by atoms with Gasteiger partial charge in [0.25, 0.3) is 0 Å². The number of ether oxygens (including phenoxy) is 6. The Kier molecular flexibility index (Phi) is 9.97. The molecular formula is C29H36O8. The standard InChI is InChI=1S/C29H36O8/c1-7-18(3)28(30)37-17-23-22(13-19-9-11-20(12-10-19)29(31)35-8-2)16-36-26(23)21-14-24(32-4)27(34-6)25(15-21)33-5/h7,9-12,14-15,22-23,26H,8,13,16-17H2,1-6H3/b18-7-/t22-,23-,26?/m0/s1. The van der Waals surface area contributed by atoms with Crippen molar-refractivity contribution < 1.29 is 38.0 Å². The van der Waals surface area contributed by atoms with E-state index < -0.39 is 0 Å². The van der Waals surface area contributed by atoms with Gasteiger partial charge in [-0.05, 0) is 68.5 Å². The predicted octanol–water partition coefficient (Wildman–Crippen LogP) is 4.94. The van der Waals surface area contributed by atoms with E-state index in [1.54, 1.807) is 60.3 Å². The molecule has 0 amide bonds. The molecule has 37 heavy (non-hydrogen) atoms. The molecule has 0 spiro atoms. The van der Waals surface area contributed by atoms with E-state index in [0.717, 1.165) is 11.1 Å². The van der Waals surface area contributed by atoms with Gasteiger partial charge in [0.2, 0.25) is 5.75 Å². The SMILES string of the molecule is C/C=C(/C)C(=O)OC[C@@H]1C(c2cc(OC)c(OC)c(OC)c2)OC[C@@H]1Cc1ccc(C(=O)OCC)cc1. The highest BCUT2D eigenvalue weighted by molar-refractivity contribution is 5.89. The van der Waals surface area contributed by atoms with Gasteiger partial charge in [-0.3, -0.25) is 0 Å². The van der Waals surface area contributed by atoms with Crippen LogP contribution in [0.15, 0.2) is 48.0 Å². The molecule has 3 atom stereocenters. The second kappa shape index (κ2) is 13.1. The topological polar surface area (TPSA) is 89.5 Å². The van der Waals surface area contributed by atoms with Crippen LogP contribution in [0.2, 0.25) is 0 Å². The highest BCUT2D eigenvalue weighted by Gasteiger charge is 2.40. The predicted molar refractivity (Wildman–Crippen MR) is 138 cm³/mol. The number of allylic oxidation sites excluding steroid dienone is 1. The second-order valence-corrected chi connectivity index (χ2v) is 8.83. The van der Waals surface area contributed by atoms with Gasteiger partial charge < -0.3 is 28.4 Å². The van der Waals surface area contributed by atoms with E-state index >= 15 is 0 Å². The van der Waals surface area contributed by atoms with Crippen LogP contribution >= 0.6 is 0 Å². The first kappa shape index (κ1) is 28.1. The normalized spacial score (nSPS) is 19.3. The van der Waals surface area contributed by atoms with E-state index in [4.69, 9.17) is 28.4 Å². The summed E-state index contributed by atoms with van der Waals surface area (Å²) < 4.78 is 33.6. The third kappa shape index (κ3) is 6.63. The summed E-state index contributed by atoms with van der Waals surface area (Å²) in [4.78, 5) is 24.5. The van der Waals surface area contributed by atoms with Crippen LogP contribution in [0, 0.1) is 11.8 Å². The van der Waals surface area contributed by atoms with Crippen molar-refractivity contribution in [2.75, 3.05) is 41.2 Å². The third-order valence-corrected chi connectivity index (χ3v) is 6.62. The molecule has 8 heteroatoms. The molecule has 2 aromatic carbocycles. The van der Waals surface area contributed by atoms with Gasteiger partial charge in [0.15, 0.2) is 11.5 Å². The van der Waals surface area contributed by atoms with E-state index in [9.17, 15) is 9.59 Å². The molecule has 1 saturated heterocycles. The largest absolute Gasteiger partial charge is 0.493 e. The molecule has 1 fully saturated rings. The van der Waals surface area contributed by atoms with Crippen LogP contribution in [0.5, 0.6) is 17.2 Å². The van der Waals surface area contributed by atoms with Crippen LogP contribution in [-0.2, 0) is 25.4 Å². The van der Waals surface area contributed by atoms with Crippen LogP contribution in [0.1, 0.15) is 48.4 Å². The first-order valence-electron chi connectivity index (χ1n) is 12.3. The average Bonchev–Trinajstić information content (AvgIpc) is 3.32. The molecule has 0 radical (unpaired) electrons. The van der Waals surface area contributed by atoms with Crippen molar-refractivity contribution in [3.63, 3.8) is 0 Å². The van der Waals surface area contributed by atoms with Crippen LogP contribution in [-0.4, -0.2) is 53.1 Å². The highest BCUT2D eigenvalue weighted by atomic mass is 16.5. The Morgan fingerprint density at radius 3 is 2.19 bits per heavy atom. The number of benzene rings is 2. The summed E-state index contributed by atoms with van der Waals surface area (Å²) >= 11 is 0. The van der Waals surface area contributed by atoms with E-state index in [2.05, 4.69) is 0 Å². The maximum absolute atomic E-state index is 12.4. The smallest absolute Gasteiger partial charge is 0.338 e. The zero-order chi connectivity index (χ0) is 26.9. The van der Waals surface area contributed by atoms with Crippen molar-refractivity contribution in [2.45, 2.75) is 33.3 Å². The van der Waals surface area contributed by atoms with E-state index in [0.29, 0.717) is 48.0 Å². The summed E-state index contributed by atoms with van der Waals surface area (Å²) in [6.07, 6.45) is 2.07. The molecule has 200 valence electrons. The molecular weight excluding hydrogens is 476 g/mol. The maximum Gasteiger partial charge on any atom is 0.338 e. The number of hydrogen-bond donors (Lipinski definition) is 0. The van der Waals surface area contributed by atoms with Gasteiger partial charge in [-0.25, -0.2) is 9.59 Å². The minimum Gasteiger partial charge on any atom is -0.493 e. The van der Waals surface area contributed by atoms with Crippen LogP contribution in [0.25, 0.3) is 0 Å². The zero-order valence-electron chi connectivity index (χ0n) is 22.4. The van der Waals surface area contributed by atoms with Crippen LogP contribution in [0.4, 0.5) is 0 Å². The van der Waals surface area contributed by atoms with Crippen molar-refractivity contribution in [1.82, 2.24) is 0 Å². The molecule has 1 unspecified atom stereocenters. The fourth-order valence-corrected chi connectivity index (χ4v) is 4.46. The summed E-state index contributed by atoms with van der Waals surface area (Å²) in [5, 5.41) is 0. The average molecular weight is 513 g/mol. The van der Waals surface area contributed by atoms with Crippen molar-refractivity contribution >= 4 is 11.9 Å². The van der Waals surface area contributed by atoms with Gasteiger partial charge in [0, 0.05) is 11.5 Å². The quantitative estimate of drug-likeness (QED) is 0.309. The molecule has 1 aliphatic heterocycles. The first-order valence-corrected chi connectivity index (χ1v) is 12.3. The molecule has 0 saturated carbocycles. The summed E-state index contributed by atoms with van der Waals surface area (Å²) in [5.41, 5.74) is 2.96. The minimum atomic E-state index is -0.351. The maximum atomic E-state index is 12.4. The van der Waals surface area contributed by atoms with E-state index in [1.165, 1.54) is 0 Å². The van der Waals surface area contributed by atoms with Gasteiger partial charge in [0.1, 0.15) is 0 Å². The van der Waals surface area contributed by atoms with Gasteiger partial charge in [-0.15, -0.1) is 0 Å². The molecule has 1 heterocycles. The lowest BCUT2D eigenvalue weighted by molar-refractivity contribution is -0.141. The van der Waals surface area contributed by atoms with E-state index in [1.807, 2.05) is 24.3 Å². The van der Waals surface area contributed by atoms with E-state index in [-0.39, 0.29) is 36.5 Å². The Bertz CT molecular complexity index is 1080. The van der Waals surface area contributed by atoms with Crippen molar-refractivity contribution in [3.05, 3.63) is 64.7 Å². The lowest BCUT2D eigenvalue weighted by Crippen LogP contribution is -2.24. The van der Waals surface area contributed by atoms with Gasteiger partial charge in [0.05, 0.1) is 52.8 Å². The fraction of sp³-hybridized carbons (Fsp3) is 0.448. The van der Waals surface area contributed by atoms with Crippen LogP contribution in [0.3, 0.4) is 0 Å². The molecule has 8 nitrogen and oxygen atoms in total. The molecule has 3 rings (SSSR count). The Hall–Kier alpha value is -3.52. The Labute approximate surface area is 218 Å². The lowest BCUT2D eigenvalue weighted by atomic mass is 9.84. The molecule has 0 bridgehead atoms. The van der Waals surface area contributed by atoms with Crippen molar-refractivity contribution in [2.24, 2.45) is 11.8 Å². The molecule has 0 N–H and O–H groups in total. The fourth-order valence-electron chi connectivity index (χ4n) is 4.46.